The Morgan fingerprint density at radius 3 is 2.55 bits per heavy atom. The molecule has 1 aliphatic rings. The minimum atomic E-state index is -0.110. The molecule has 0 spiro atoms. The molecule has 11 heavy (non-hydrogen) atoms. The quantitative estimate of drug-likeness (QED) is 0.384. The highest BCUT2D eigenvalue weighted by Gasteiger charge is 2.30. The summed E-state index contributed by atoms with van der Waals surface area (Å²) in [5.74, 6) is -0.0850. The maximum atomic E-state index is 11.0. The van der Waals surface area contributed by atoms with Crippen molar-refractivity contribution in [3.63, 3.8) is 0 Å². The highest BCUT2D eigenvalue weighted by molar-refractivity contribution is 6.06. The number of rotatable bonds is 2. The minimum Gasteiger partial charge on any atom is -0.396 e. The molecule has 0 aliphatic heterocycles. The van der Waals surface area contributed by atoms with Crippen LogP contribution in [0, 0.1) is 11.3 Å². The Labute approximate surface area is 65.0 Å². The third-order valence-corrected chi connectivity index (χ3v) is 1.52. The van der Waals surface area contributed by atoms with E-state index in [4.69, 9.17) is 11.1 Å². The van der Waals surface area contributed by atoms with Gasteiger partial charge in [0.05, 0.1) is 5.70 Å². The molecule has 0 radical (unpaired) electrons. The van der Waals surface area contributed by atoms with Crippen LogP contribution >= 0.6 is 0 Å². The molecule has 1 fully saturated rings. The van der Waals surface area contributed by atoms with Crippen molar-refractivity contribution in [3.8, 4) is 0 Å². The summed E-state index contributed by atoms with van der Waals surface area (Å²) in [6.45, 7) is 3.33. The molecule has 1 saturated carbocycles. The highest BCUT2D eigenvalue weighted by atomic mass is 16.2. The number of hydrogen-bond acceptors (Lipinski definition) is 3. The Hall–Kier alpha value is -1.32. The van der Waals surface area contributed by atoms with Crippen LogP contribution in [-0.2, 0) is 4.79 Å². The van der Waals surface area contributed by atoms with E-state index < -0.39 is 0 Å². The van der Waals surface area contributed by atoms with Crippen LogP contribution in [0.4, 0.5) is 0 Å². The van der Waals surface area contributed by atoms with Gasteiger partial charge in [0, 0.05) is 5.92 Å². The van der Waals surface area contributed by atoms with Gasteiger partial charge in [-0.25, -0.2) is 0 Å². The van der Waals surface area contributed by atoms with E-state index in [0.717, 1.165) is 12.8 Å². The van der Waals surface area contributed by atoms with Crippen LogP contribution in [0.2, 0.25) is 0 Å². The maximum Gasteiger partial charge on any atom is 0.228 e. The first-order chi connectivity index (χ1) is 5.11. The van der Waals surface area contributed by atoms with Gasteiger partial charge < -0.3 is 11.1 Å². The van der Waals surface area contributed by atoms with Gasteiger partial charge >= 0.3 is 0 Å². The molecule has 0 aromatic carbocycles. The fourth-order valence-corrected chi connectivity index (χ4v) is 0.651. The number of hydrogen-bond donors (Lipinski definition) is 3. The van der Waals surface area contributed by atoms with Crippen molar-refractivity contribution < 1.29 is 4.79 Å². The van der Waals surface area contributed by atoms with E-state index in [9.17, 15) is 4.79 Å². The Bertz CT molecular complexity index is 218. The third kappa shape index (κ3) is 2.07. The fourth-order valence-electron chi connectivity index (χ4n) is 0.651. The first kappa shape index (κ1) is 7.78. The lowest BCUT2D eigenvalue weighted by atomic mass is 10.3. The van der Waals surface area contributed by atoms with E-state index in [2.05, 4.69) is 11.9 Å². The van der Waals surface area contributed by atoms with Crippen molar-refractivity contribution in [3.05, 3.63) is 12.3 Å². The van der Waals surface area contributed by atoms with Crippen LogP contribution in [0.1, 0.15) is 12.8 Å². The largest absolute Gasteiger partial charge is 0.396 e. The summed E-state index contributed by atoms with van der Waals surface area (Å²) in [6, 6.07) is 0. The number of nitrogens with one attached hydrogen (secondary N) is 2. The van der Waals surface area contributed by atoms with E-state index in [0.29, 0.717) is 0 Å². The minimum absolute atomic E-state index is 0.0816. The van der Waals surface area contributed by atoms with Gasteiger partial charge in [0.2, 0.25) is 5.91 Å². The molecule has 0 saturated heterocycles. The predicted molar refractivity (Wildman–Crippen MR) is 41.9 cm³/mol. The molecular weight excluding hydrogens is 142 g/mol. The second kappa shape index (κ2) is 2.74. The van der Waals surface area contributed by atoms with Gasteiger partial charge in [0.25, 0.3) is 0 Å². The zero-order valence-corrected chi connectivity index (χ0v) is 6.18. The summed E-state index contributed by atoms with van der Waals surface area (Å²) in [5.41, 5.74) is 5.27. The summed E-state index contributed by atoms with van der Waals surface area (Å²) < 4.78 is 0. The summed E-state index contributed by atoms with van der Waals surface area (Å²) in [5, 5.41) is 9.50. The fraction of sp³-hybridized carbons (Fsp3) is 0.429. The summed E-state index contributed by atoms with van der Waals surface area (Å²) >= 11 is 0. The van der Waals surface area contributed by atoms with Crippen LogP contribution in [0.5, 0.6) is 0 Å². The van der Waals surface area contributed by atoms with Crippen LogP contribution in [0.3, 0.4) is 0 Å². The summed E-state index contributed by atoms with van der Waals surface area (Å²) in [7, 11) is 0. The molecule has 4 nitrogen and oxygen atoms in total. The molecule has 0 bridgehead atoms. The second-order valence-electron chi connectivity index (χ2n) is 2.66. The molecule has 1 amide bonds. The molecule has 0 aromatic heterocycles. The Morgan fingerprint density at radius 1 is 1.64 bits per heavy atom. The number of carbonyl (C=O) groups is 1. The highest BCUT2D eigenvalue weighted by Crippen LogP contribution is 2.28. The Morgan fingerprint density at radius 2 is 2.18 bits per heavy atom. The number of carbonyl (C=O) groups excluding carboxylic acids is 1. The lowest BCUT2D eigenvalue weighted by Crippen LogP contribution is -2.34. The van der Waals surface area contributed by atoms with Crippen molar-refractivity contribution >= 4 is 11.7 Å². The number of amides is 1. The first-order valence-corrected chi connectivity index (χ1v) is 3.45. The van der Waals surface area contributed by atoms with Gasteiger partial charge in [-0.15, -0.1) is 0 Å². The Balaban J connectivity index is 2.34. The van der Waals surface area contributed by atoms with Crippen molar-refractivity contribution in [2.45, 2.75) is 12.8 Å². The standard InChI is InChI=1S/C7H11N3O/c1-4(8)6(9)10-7(11)5-2-3-5/h5H,1-3,8H2,(H2,9,10,11). The maximum absolute atomic E-state index is 11.0. The van der Waals surface area contributed by atoms with Crippen LogP contribution in [0.15, 0.2) is 12.3 Å². The molecule has 0 aromatic rings. The smallest absolute Gasteiger partial charge is 0.228 e. The van der Waals surface area contributed by atoms with Crippen molar-refractivity contribution in [1.82, 2.24) is 5.32 Å². The SMILES string of the molecule is C=C(N)C(=N)NC(=O)C1CC1. The van der Waals surface area contributed by atoms with Gasteiger partial charge in [0.1, 0.15) is 5.84 Å². The zero-order valence-electron chi connectivity index (χ0n) is 6.18. The molecule has 1 rings (SSSR count). The van der Waals surface area contributed by atoms with E-state index in [1.54, 1.807) is 0 Å². The van der Waals surface area contributed by atoms with Gasteiger partial charge in [0.15, 0.2) is 0 Å². The first-order valence-electron chi connectivity index (χ1n) is 3.45. The zero-order chi connectivity index (χ0) is 8.43. The average molecular weight is 153 g/mol. The van der Waals surface area contributed by atoms with E-state index in [-0.39, 0.29) is 23.4 Å². The lowest BCUT2D eigenvalue weighted by molar-refractivity contribution is -0.120. The van der Waals surface area contributed by atoms with Gasteiger partial charge in [-0.3, -0.25) is 10.2 Å². The Kier molecular flexibility index (Phi) is 1.94. The van der Waals surface area contributed by atoms with Crippen LogP contribution in [-0.4, -0.2) is 11.7 Å². The molecule has 4 heteroatoms. The summed E-state index contributed by atoms with van der Waals surface area (Å²) in [6.07, 6.45) is 1.85. The normalized spacial score (nSPS) is 15.6. The van der Waals surface area contributed by atoms with E-state index in [1.165, 1.54) is 0 Å². The third-order valence-electron chi connectivity index (χ3n) is 1.52. The van der Waals surface area contributed by atoms with Crippen LogP contribution < -0.4 is 11.1 Å². The average Bonchev–Trinajstić information content (AvgIpc) is 2.67. The molecule has 1 aliphatic carbocycles. The van der Waals surface area contributed by atoms with Gasteiger partial charge in [-0.05, 0) is 12.8 Å². The lowest BCUT2D eigenvalue weighted by Gasteiger charge is -2.03. The van der Waals surface area contributed by atoms with E-state index >= 15 is 0 Å². The molecule has 0 unspecified atom stereocenters. The van der Waals surface area contributed by atoms with E-state index in [1.807, 2.05) is 0 Å². The van der Waals surface area contributed by atoms with Gasteiger partial charge in [-0.1, -0.05) is 6.58 Å². The van der Waals surface area contributed by atoms with Gasteiger partial charge in [-0.2, -0.15) is 0 Å². The molecule has 0 heterocycles. The topological polar surface area (TPSA) is 79.0 Å². The molecule has 4 N–H and O–H groups in total. The van der Waals surface area contributed by atoms with Crippen molar-refractivity contribution in [1.29, 1.82) is 5.41 Å². The summed E-state index contributed by atoms with van der Waals surface area (Å²) in [4.78, 5) is 11.0. The second-order valence-corrected chi connectivity index (χ2v) is 2.66. The molecular formula is C7H11N3O. The van der Waals surface area contributed by atoms with Crippen molar-refractivity contribution in [2.24, 2.45) is 11.7 Å². The number of nitrogens with two attached hydrogens (primary N) is 1. The van der Waals surface area contributed by atoms with Crippen molar-refractivity contribution in [2.75, 3.05) is 0 Å². The molecule has 60 valence electrons. The predicted octanol–water partition coefficient (Wildman–Crippen LogP) is -0.0377. The number of amidine groups is 1. The van der Waals surface area contributed by atoms with Crippen LogP contribution in [0.25, 0.3) is 0 Å². The molecule has 0 atom stereocenters. The monoisotopic (exact) mass is 153 g/mol.